The van der Waals surface area contributed by atoms with Crippen molar-refractivity contribution in [3.63, 3.8) is 0 Å². The number of anilines is 1. The second-order valence-corrected chi connectivity index (χ2v) is 3.43. The Morgan fingerprint density at radius 2 is 2.38 bits per heavy atom. The molecule has 3 N–H and O–H groups in total. The summed E-state index contributed by atoms with van der Waals surface area (Å²) in [4.78, 5) is 13.0. The molecule has 1 aromatic heterocycles. The first kappa shape index (κ1) is 12.4. The van der Waals surface area contributed by atoms with Gasteiger partial charge in [0.25, 0.3) is 0 Å². The number of aromatic nitrogens is 2. The van der Waals surface area contributed by atoms with Gasteiger partial charge in [-0.3, -0.25) is 4.79 Å². The third kappa shape index (κ3) is 3.16. The molecule has 16 heavy (non-hydrogen) atoms. The van der Waals surface area contributed by atoms with E-state index in [4.69, 9.17) is 5.73 Å². The highest BCUT2D eigenvalue weighted by molar-refractivity contribution is 5.76. The van der Waals surface area contributed by atoms with Gasteiger partial charge >= 0.3 is 0 Å². The van der Waals surface area contributed by atoms with Gasteiger partial charge < -0.3 is 16.0 Å². The monoisotopic (exact) mass is 223 g/mol. The molecule has 0 saturated heterocycles. The molecule has 0 fully saturated rings. The minimum atomic E-state index is 0.00467. The second-order valence-electron chi connectivity index (χ2n) is 3.43. The highest BCUT2D eigenvalue weighted by atomic mass is 16.1. The number of carbonyl (C=O) groups is 1. The molecule has 6 heteroatoms. The predicted octanol–water partition coefficient (Wildman–Crippen LogP) is -0.492. The van der Waals surface area contributed by atoms with Crippen LogP contribution in [-0.2, 0) is 11.3 Å². The van der Waals surface area contributed by atoms with E-state index in [1.165, 1.54) is 0 Å². The SMILES string of the molecule is CNC(=O)CCN(C)c1nnccc1CN. The van der Waals surface area contributed by atoms with Crippen LogP contribution in [0.2, 0.25) is 0 Å². The molecular weight excluding hydrogens is 206 g/mol. The first-order valence-electron chi connectivity index (χ1n) is 5.11. The summed E-state index contributed by atoms with van der Waals surface area (Å²) in [5.41, 5.74) is 6.52. The van der Waals surface area contributed by atoms with Crippen LogP contribution in [0, 0.1) is 0 Å². The lowest BCUT2D eigenvalue weighted by molar-refractivity contribution is -0.120. The van der Waals surface area contributed by atoms with Gasteiger partial charge in [0.2, 0.25) is 5.91 Å². The largest absolute Gasteiger partial charge is 0.359 e. The quantitative estimate of drug-likeness (QED) is 0.703. The summed E-state index contributed by atoms with van der Waals surface area (Å²) in [6.45, 7) is 1.00. The summed E-state index contributed by atoms with van der Waals surface area (Å²) in [5.74, 6) is 0.735. The van der Waals surface area contributed by atoms with E-state index in [0.29, 0.717) is 19.5 Å². The molecule has 1 amide bonds. The highest BCUT2D eigenvalue weighted by Gasteiger charge is 2.09. The number of nitrogens with one attached hydrogen (secondary N) is 1. The van der Waals surface area contributed by atoms with Gasteiger partial charge in [-0.1, -0.05) is 0 Å². The van der Waals surface area contributed by atoms with Crippen molar-refractivity contribution in [1.29, 1.82) is 0 Å². The summed E-state index contributed by atoms with van der Waals surface area (Å²) in [6.07, 6.45) is 2.03. The number of hydrogen-bond donors (Lipinski definition) is 2. The van der Waals surface area contributed by atoms with Crippen LogP contribution < -0.4 is 16.0 Å². The third-order valence-electron chi connectivity index (χ3n) is 2.32. The summed E-state index contributed by atoms with van der Waals surface area (Å²) >= 11 is 0. The molecule has 0 atom stereocenters. The van der Waals surface area contributed by atoms with Gasteiger partial charge in [0.15, 0.2) is 5.82 Å². The zero-order chi connectivity index (χ0) is 12.0. The van der Waals surface area contributed by atoms with Crippen molar-refractivity contribution in [2.45, 2.75) is 13.0 Å². The van der Waals surface area contributed by atoms with Crippen molar-refractivity contribution in [2.75, 3.05) is 25.5 Å². The van der Waals surface area contributed by atoms with Crippen molar-refractivity contribution in [1.82, 2.24) is 15.5 Å². The van der Waals surface area contributed by atoms with E-state index < -0.39 is 0 Å². The maximum Gasteiger partial charge on any atom is 0.221 e. The molecule has 1 heterocycles. The van der Waals surface area contributed by atoms with Gasteiger partial charge in [0.1, 0.15) is 0 Å². The lowest BCUT2D eigenvalue weighted by atomic mass is 10.2. The number of nitrogens with zero attached hydrogens (tertiary/aromatic N) is 3. The Balaban J connectivity index is 2.65. The summed E-state index contributed by atoms with van der Waals surface area (Å²) in [7, 11) is 3.49. The highest BCUT2D eigenvalue weighted by Crippen LogP contribution is 2.13. The van der Waals surface area contributed by atoms with Crippen LogP contribution in [0.25, 0.3) is 0 Å². The molecule has 0 aromatic carbocycles. The fraction of sp³-hybridized carbons (Fsp3) is 0.500. The molecule has 0 aliphatic carbocycles. The zero-order valence-electron chi connectivity index (χ0n) is 9.60. The standard InChI is InChI=1S/C10H17N5O/c1-12-9(16)4-6-15(2)10-8(7-11)3-5-13-14-10/h3,5H,4,6-7,11H2,1-2H3,(H,12,16). The summed E-state index contributed by atoms with van der Waals surface area (Å²) in [5, 5.41) is 10.4. The third-order valence-corrected chi connectivity index (χ3v) is 2.32. The lowest BCUT2D eigenvalue weighted by Crippen LogP contribution is -2.28. The number of amides is 1. The number of rotatable bonds is 5. The van der Waals surface area contributed by atoms with Gasteiger partial charge in [0, 0.05) is 39.2 Å². The molecule has 1 aromatic rings. The normalized spacial score (nSPS) is 9.94. The Morgan fingerprint density at radius 3 is 3.00 bits per heavy atom. The van der Waals surface area contributed by atoms with Crippen LogP contribution in [0.15, 0.2) is 12.3 Å². The molecule has 0 unspecified atom stereocenters. The van der Waals surface area contributed by atoms with Crippen LogP contribution >= 0.6 is 0 Å². The van der Waals surface area contributed by atoms with E-state index in [0.717, 1.165) is 11.4 Å². The van der Waals surface area contributed by atoms with Gasteiger partial charge in [-0.05, 0) is 6.07 Å². The van der Waals surface area contributed by atoms with Crippen LogP contribution in [0.1, 0.15) is 12.0 Å². The molecule has 88 valence electrons. The Hall–Kier alpha value is -1.69. The fourth-order valence-electron chi connectivity index (χ4n) is 1.33. The minimum absolute atomic E-state index is 0.00467. The van der Waals surface area contributed by atoms with Crippen molar-refractivity contribution < 1.29 is 4.79 Å². The molecule has 0 aliphatic heterocycles. The Morgan fingerprint density at radius 1 is 1.62 bits per heavy atom. The van der Waals surface area contributed by atoms with Crippen LogP contribution in [0.5, 0.6) is 0 Å². The fourth-order valence-corrected chi connectivity index (χ4v) is 1.33. The van der Waals surface area contributed by atoms with E-state index in [1.54, 1.807) is 13.2 Å². The molecular formula is C10H17N5O. The van der Waals surface area contributed by atoms with Crippen LogP contribution in [-0.4, -0.2) is 36.7 Å². The average molecular weight is 223 g/mol. The molecule has 0 saturated carbocycles. The molecule has 0 radical (unpaired) electrons. The smallest absolute Gasteiger partial charge is 0.221 e. The van der Waals surface area contributed by atoms with E-state index in [2.05, 4.69) is 15.5 Å². The summed E-state index contributed by atoms with van der Waals surface area (Å²) < 4.78 is 0. The molecule has 0 bridgehead atoms. The molecule has 0 aliphatic rings. The summed E-state index contributed by atoms with van der Waals surface area (Å²) in [6, 6.07) is 1.83. The maximum absolute atomic E-state index is 11.1. The second kappa shape index (κ2) is 6.02. The lowest BCUT2D eigenvalue weighted by Gasteiger charge is -2.19. The van der Waals surface area contributed by atoms with E-state index in [1.807, 2.05) is 18.0 Å². The molecule has 1 rings (SSSR count). The van der Waals surface area contributed by atoms with E-state index in [9.17, 15) is 4.79 Å². The van der Waals surface area contributed by atoms with Crippen molar-refractivity contribution in [2.24, 2.45) is 5.73 Å². The topological polar surface area (TPSA) is 84.1 Å². The van der Waals surface area contributed by atoms with Gasteiger partial charge in [0.05, 0.1) is 6.20 Å². The van der Waals surface area contributed by atoms with Crippen molar-refractivity contribution in [3.8, 4) is 0 Å². The molecule has 6 nitrogen and oxygen atoms in total. The van der Waals surface area contributed by atoms with Gasteiger partial charge in [-0.15, -0.1) is 5.10 Å². The van der Waals surface area contributed by atoms with Crippen LogP contribution in [0.3, 0.4) is 0 Å². The number of carbonyl (C=O) groups excluding carboxylic acids is 1. The van der Waals surface area contributed by atoms with Gasteiger partial charge in [-0.25, -0.2) is 0 Å². The first-order chi connectivity index (χ1) is 7.69. The first-order valence-corrected chi connectivity index (χ1v) is 5.11. The van der Waals surface area contributed by atoms with Crippen LogP contribution in [0.4, 0.5) is 5.82 Å². The van der Waals surface area contributed by atoms with Crippen molar-refractivity contribution in [3.05, 3.63) is 17.8 Å². The average Bonchev–Trinajstić information content (AvgIpc) is 2.35. The van der Waals surface area contributed by atoms with E-state index in [-0.39, 0.29) is 5.91 Å². The Kier molecular flexibility index (Phi) is 4.65. The minimum Gasteiger partial charge on any atom is -0.359 e. The van der Waals surface area contributed by atoms with E-state index >= 15 is 0 Å². The number of nitrogens with two attached hydrogens (primary N) is 1. The Labute approximate surface area is 94.8 Å². The molecule has 0 spiro atoms. The van der Waals surface area contributed by atoms with Gasteiger partial charge in [-0.2, -0.15) is 5.10 Å². The predicted molar refractivity (Wildman–Crippen MR) is 61.9 cm³/mol. The maximum atomic E-state index is 11.1. The number of hydrogen-bond acceptors (Lipinski definition) is 5. The Bertz CT molecular complexity index is 355. The van der Waals surface area contributed by atoms with Crippen molar-refractivity contribution >= 4 is 11.7 Å². The zero-order valence-corrected chi connectivity index (χ0v) is 9.60.